The number of nitrogens with one attached hydrogen (secondary N) is 1. The van der Waals surface area contributed by atoms with E-state index in [9.17, 15) is 14.9 Å². The van der Waals surface area contributed by atoms with Gasteiger partial charge in [-0.2, -0.15) is 5.10 Å². The normalized spacial score (nSPS) is 14.7. The standard InChI is InChI=1S/C28H24N4O4/c1-3-36-28(33)23-18(2)29-27-25(24(23)20-13-10-16-22(17-20)32(34)35)26(19-11-6-4-7-12-19)30-31(27)21-14-8-5-9-15-21/h4-17,24,29H,3H2,1-2H3. The molecule has 0 saturated carbocycles. The lowest BCUT2D eigenvalue weighted by atomic mass is 9.80. The second-order valence-corrected chi connectivity index (χ2v) is 8.39. The van der Waals surface area contributed by atoms with E-state index in [4.69, 9.17) is 9.84 Å². The van der Waals surface area contributed by atoms with Gasteiger partial charge in [0.15, 0.2) is 0 Å². The van der Waals surface area contributed by atoms with E-state index in [-0.39, 0.29) is 12.3 Å². The molecule has 36 heavy (non-hydrogen) atoms. The van der Waals surface area contributed by atoms with Crippen LogP contribution in [0.25, 0.3) is 16.9 Å². The SMILES string of the molecule is CCOC(=O)C1=C(C)Nc2c(c(-c3ccccc3)nn2-c2ccccc2)C1c1cccc([N+](=O)[O-])c1. The van der Waals surface area contributed by atoms with Gasteiger partial charge in [-0.3, -0.25) is 10.1 Å². The van der Waals surface area contributed by atoms with Crippen LogP contribution >= 0.6 is 0 Å². The third-order valence-electron chi connectivity index (χ3n) is 6.17. The van der Waals surface area contributed by atoms with Gasteiger partial charge in [-0.15, -0.1) is 0 Å². The maximum absolute atomic E-state index is 13.3. The second kappa shape index (κ2) is 9.50. The van der Waals surface area contributed by atoms with Gasteiger partial charge >= 0.3 is 5.97 Å². The van der Waals surface area contributed by atoms with Gasteiger partial charge < -0.3 is 10.1 Å². The van der Waals surface area contributed by atoms with E-state index >= 15 is 0 Å². The molecule has 1 aromatic heterocycles. The van der Waals surface area contributed by atoms with Crippen LogP contribution in [-0.2, 0) is 9.53 Å². The van der Waals surface area contributed by atoms with Gasteiger partial charge in [0.1, 0.15) is 5.82 Å². The Kier molecular flexibility index (Phi) is 6.08. The summed E-state index contributed by atoms with van der Waals surface area (Å²) in [5.74, 6) is -0.411. The Morgan fingerprint density at radius 2 is 1.75 bits per heavy atom. The summed E-state index contributed by atoms with van der Waals surface area (Å²) in [6, 6.07) is 25.8. The molecule has 0 aliphatic carbocycles. The molecule has 0 spiro atoms. The van der Waals surface area contributed by atoms with Gasteiger partial charge in [-0.1, -0.05) is 60.7 Å². The largest absolute Gasteiger partial charge is 0.463 e. The number of aromatic nitrogens is 2. The van der Waals surface area contributed by atoms with Crippen LogP contribution in [0.15, 0.2) is 96.2 Å². The van der Waals surface area contributed by atoms with E-state index < -0.39 is 16.8 Å². The molecular formula is C28H24N4O4. The van der Waals surface area contributed by atoms with Crippen molar-refractivity contribution in [2.45, 2.75) is 19.8 Å². The van der Waals surface area contributed by atoms with Crippen LogP contribution in [0.4, 0.5) is 11.5 Å². The Morgan fingerprint density at radius 3 is 2.42 bits per heavy atom. The quantitative estimate of drug-likeness (QED) is 0.211. The van der Waals surface area contributed by atoms with Gasteiger partial charge in [0.05, 0.1) is 28.5 Å². The molecule has 8 heteroatoms. The molecule has 5 rings (SSSR count). The van der Waals surface area contributed by atoms with Crippen molar-refractivity contribution in [1.29, 1.82) is 0 Å². The summed E-state index contributed by atoms with van der Waals surface area (Å²) < 4.78 is 7.25. The first-order valence-corrected chi connectivity index (χ1v) is 11.6. The molecule has 0 radical (unpaired) electrons. The van der Waals surface area contributed by atoms with Crippen molar-refractivity contribution < 1.29 is 14.5 Å². The van der Waals surface area contributed by atoms with Crippen molar-refractivity contribution in [2.75, 3.05) is 11.9 Å². The van der Waals surface area contributed by atoms with Crippen LogP contribution in [0.5, 0.6) is 0 Å². The van der Waals surface area contributed by atoms with E-state index in [1.165, 1.54) is 12.1 Å². The monoisotopic (exact) mass is 480 g/mol. The maximum atomic E-state index is 13.3. The van der Waals surface area contributed by atoms with Crippen molar-refractivity contribution in [3.63, 3.8) is 0 Å². The highest BCUT2D eigenvalue weighted by atomic mass is 16.6. The van der Waals surface area contributed by atoms with Crippen molar-refractivity contribution >= 4 is 17.5 Å². The number of rotatable bonds is 6. The number of nitro benzene ring substituents is 1. The molecule has 4 aromatic rings. The molecule has 8 nitrogen and oxygen atoms in total. The third-order valence-corrected chi connectivity index (χ3v) is 6.17. The number of fused-ring (bicyclic) bond motifs is 1. The number of para-hydroxylation sites is 1. The zero-order valence-electron chi connectivity index (χ0n) is 19.8. The molecule has 1 atom stereocenters. The summed E-state index contributed by atoms with van der Waals surface area (Å²) >= 11 is 0. The fraction of sp³-hybridized carbons (Fsp3) is 0.143. The molecule has 0 saturated heterocycles. The Balaban J connectivity index is 1.83. The van der Waals surface area contributed by atoms with Crippen molar-refractivity contribution in [2.24, 2.45) is 0 Å². The second-order valence-electron chi connectivity index (χ2n) is 8.39. The van der Waals surface area contributed by atoms with Gasteiger partial charge in [0.2, 0.25) is 0 Å². The topological polar surface area (TPSA) is 99.3 Å². The summed E-state index contributed by atoms with van der Waals surface area (Å²) in [6.45, 7) is 3.77. The fourth-order valence-corrected chi connectivity index (χ4v) is 4.63. The summed E-state index contributed by atoms with van der Waals surface area (Å²) in [5.41, 5.74) is 4.69. The number of carbonyl (C=O) groups excluding carboxylic acids is 1. The van der Waals surface area contributed by atoms with E-state index in [0.717, 1.165) is 16.8 Å². The number of hydrogen-bond acceptors (Lipinski definition) is 6. The number of esters is 1. The van der Waals surface area contributed by atoms with Crippen molar-refractivity contribution in [3.8, 4) is 16.9 Å². The number of hydrogen-bond donors (Lipinski definition) is 1. The van der Waals surface area contributed by atoms with Crippen LogP contribution < -0.4 is 5.32 Å². The van der Waals surface area contributed by atoms with Crippen molar-refractivity contribution in [1.82, 2.24) is 9.78 Å². The third kappa shape index (κ3) is 4.02. The van der Waals surface area contributed by atoms with Crippen LogP contribution in [-0.4, -0.2) is 27.3 Å². The minimum Gasteiger partial charge on any atom is -0.463 e. The number of nitrogens with zero attached hydrogens (tertiary/aromatic N) is 3. The Hall–Kier alpha value is -4.72. The van der Waals surface area contributed by atoms with Gasteiger partial charge in [-0.25, -0.2) is 9.48 Å². The predicted octanol–water partition coefficient (Wildman–Crippen LogP) is 5.84. The first kappa shape index (κ1) is 23.0. The number of benzene rings is 3. The van der Waals surface area contributed by atoms with E-state index in [1.807, 2.05) is 72.3 Å². The Morgan fingerprint density at radius 1 is 1.06 bits per heavy atom. The molecule has 0 amide bonds. The molecule has 0 fully saturated rings. The predicted molar refractivity (Wildman–Crippen MR) is 137 cm³/mol. The molecule has 1 aliphatic heterocycles. The zero-order valence-corrected chi connectivity index (χ0v) is 19.8. The summed E-state index contributed by atoms with van der Waals surface area (Å²) in [5, 5.41) is 20.0. The molecule has 1 unspecified atom stereocenters. The molecule has 2 heterocycles. The van der Waals surface area contributed by atoms with Gasteiger partial charge in [0, 0.05) is 34.9 Å². The lowest BCUT2D eigenvalue weighted by Gasteiger charge is -2.29. The van der Waals surface area contributed by atoms with Gasteiger partial charge in [0.25, 0.3) is 5.69 Å². The smallest absolute Gasteiger partial charge is 0.336 e. The zero-order chi connectivity index (χ0) is 25.2. The minimum atomic E-state index is -0.632. The average molecular weight is 481 g/mol. The van der Waals surface area contributed by atoms with Crippen molar-refractivity contribution in [3.05, 3.63) is 117 Å². The number of anilines is 1. The molecule has 0 bridgehead atoms. The maximum Gasteiger partial charge on any atom is 0.336 e. The molecule has 3 aromatic carbocycles. The Bertz CT molecular complexity index is 1480. The van der Waals surface area contributed by atoms with E-state index in [0.29, 0.717) is 28.3 Å². The van der Waals surface area contributed by atoms with E-state index in [2.05, 4.69) is 5.32 Å². The summed E-state index contributed by atoms with van der Waals surface area (Å²) in [6.07, 6.45) is 0. The molecular weight excluding hydrogens is 456 g/mol. The Labute approximate surface area is 208 Å². The van der Waals surface area contributed by atoms with Crippen LogP contribution in [0.2, 0.25) is 0 Å². The number of non-ortho nitro benzene ring substituents is 1. The number of ether oxygens (including phenoxy) is 1. The fourth-order valence-electron chi connectivity index (χ4n) is 4.63. The molecule has 1 aliphatic rings. The van der Waals surface area contributed by atoms with E-state index in [1.54, 1.807) is 19.1 Å². The lowest BCUT2D eigenvalue weighted by molar-refractivity contribution is -0.384. The highest BCUT2D eigenvalue weighted by Crippen LogP contribution is 2.47. The highest BCUT2D eigenvalue weighted by Gasteiger charge is 2.39. The lowest BCUT2D eigenvalue weighted by Crippen LogP contribution is -2.25. The summed E-state index contributed by atoms with van der Waals surface area (Å²) in [7, 11) is 0. The molecule has 180 valence electrons. The van der Waals surface area contributed by atoms with Crippen LogP contribution in [0, 0.1) is 10.1 Å². The number of carbonyl (C=O) groups is 1. The number of nitro groups is 1. The van der Waals surface area contributed by atoms with Gasteiger partial charge in [-0.05, 0) is 31.5 Å². The van der Waals surface area contributed by atoms with Crippen LogP contribution in [0.3, 0.4) is 0 Å². The highest BCUT2D eigenvalue weighted by molar-refractivity contribution is 5.96. The molecule has 1 N–H and O–H groups in total. The van der Waals surface area contributed by atoms with Crippen LogP contribution in [0.1, 0.15) is 30.9 Å². The first-order valence-electron chi connectivity index (χ1n) is 11.6. The average Bonchev–Trinajstić information content (AvgIpc) is 3.28. The minimum absolute atomic E-state index is 0.0508. The summed E-state index contributed by atoms with van der Waals surface area (Å²) in [4.78, 5) is 24.4. The first-order chi connectivity index (χ1) is 17.5. The number of allylic oxidation sites excluding steroid dienone is 1.